The van der Waals surface area contributed by atoms with E-state index in [4.69, 9.17) is 19.7 Å². The molecule has 0 radical (unpaired) electrons. The summed E-state index contributed by atoms with van der Waals surface area (Å²) in [6.07, 6.45) is 4.76. The number of nitrogens with zero attached hydrogens (tertiary/aromatic N) is 9. The molecule has 63 heavy (non-hydrogen) atoms. The Hall–Kier alpha value is -9.90. The summed E-state index contributed by atoms with van der Waals surface area (Å²) < 4.78 is 6.92. The molecule has 0 atom stereocenters. The van der Waals surface area contributed by atoms with Gasteiger partial charge in [-0.2, -0.15) is 20.2 Å². The molecule has 7 aromatic carbocycles. The molecule has 288 valence electrons. The predicted octanol–water partition coefficient (Wildman–Crippen LogP) is 13.3. The monoisotopic (exact) mass is 801 g/mol. The van der Waals surface area contributed by atoms with Crippen LogP contribution in [0.5, 0.6) is 0 Å². The Morgan fingerprint density at radius 3 is 1.10 bits per heavy atom. The third kappa shape index (κ3) is 5.88. The molecular formula is C54H27N9. The van der Waals surface area contributed by atoms with E-state index in [0.717, 1.165) is 99.2 Å². The molecule has 10 rings (SSSR count). The zero-order valence-electron chi connectivity index (χ0n) is 33.1. The van der Waals surface area contributed by atoms with Crippen molar-refractivity contribution in [3.8, 4) is 35.3 Å². The lowest BCUT2D eigenvalue weighted by Gasteiger charge is -2.14. The average Bonchev–Trinajstić information content (AvgIpc) is 3.98. The average molecular weight is 802 g/mol. The number of fused-ring (bicyclic) bond motifs is 12. The lowest BCUT2D eigenvalue weighted by molar-refractivity contribution is 1.17. The molecule has 0 amide bonds. The van der Waals surface area contributed by atoms with Crippen molar-refractivity contribution in [3.05, 3.63) is 214 Å². The molecule has 0 unspecified atom stereocenters. The summed E-state index contributed by atoms with van der Waals surface area (Å²) in [5.41, 5.74) is 10.9. The van der Waals surface area contributed by atoms with Crippen LogP contribution in [-0.4, -0.2) is 13.7 Å². The highest BCUT2D eigenvalue weighted by Crippen LogP contribution is 2.50. The molecule has 0 aliphatic rings. The summed E-state index contributed by atoms with van der Waals surface area (Å²) in [4.78, 5) is 10.1. The van der Waals surface area contributed by atoms with Crippen molar-refractivity contribution in [1.82, 2.24) is 13.7 Å². The van der Waals surface area contributed by atoms with Crippen molar-refractivity contribution in [2.24, 2.45) is 0 Å². The number of aromatic nitrogens is 3. The third-order valence-corrected chi connectivity index (χ3v) is 11.4. The SMILES string of the molecule is [C-]#[N+]C(=Cc1ccc(-n2c3ccccc3c3c2c2c4ccccc4n(-c4ccc(C=C(C#N)C#N)cc4)c2c2c4ccccc4n(-c4ccc(/C=C(\C#N)[N+]#[C-])cc4)c23)cc1)[N+]#[C-]. The van der Waals surface area contributed by atoms with Gasteiger partial charge in [0.05, 0.1) is 45.7 Å². The summed E-state index contributed by atoms with van der Waals surface area (Å²) in [5, 5.41) is 34.7. The first kappa shape index (κ1) is 37.4. The Balaban J connectivity index is 1.42. The van der Waals surface area contributed by atoms with Gasteiger partial charge in [-0.15, -0.1) is 0 Å². The normalized spacial score (nSPS) is 11.2. The van der Waals surface area contributed by atoms with Crippen molar-refractivity contribution in [2.75, 3.05) is 0 Å². The molecule has 3 heterocycles. The van der Waals surface area contributed by atoms with Crippen LogP contribution in [0.1, 0.15) is 16.7 Å². The summed E-state index contributed by atoms with van der Waals surface area (Å²) in [6.45, 7) is 22.3. The van der Waals surface area contributed by atoms with Gasteiger partial charge in [0.1, 0.15) is 30.9 Å². The number of hydrogen-bond acceptors (Lipinski definition) is 3. The zero-order valence-corrected chi connectivity index (χ0v) is 33.1. The summed E-state index contributed by atoms with van der Waals surface area (Å²) in [7, 11) is 0. The van der Waals surface area contributed by atoms with Crippen LogP contribution in [0.15, 0.2) is 163 Å². The molecule has 0 spiro atoms. The standard InChI is InChI=1S/C54H27N9/c1-58-38(33-57)29-35-18-24-40(25-19-35)62-46-14-8-5-11-43(46)49-52-50(42-10-4-7-13-45(42)61(52)39-22-16-34(17-23-39)28-37(31-55)32-56)54-51(53(49)62)44-12-6-9-15-47(44)63(54)41-26-20-36(21-27-41)30-48(59-2)60-3/h4-30H/b38-29+. The Kier molecular flexibility index (Phi) is 8.92. The van der Waals surface area contributed by atoms with Crippen LogP contribution in [0.25, 0.3) is 115 Å². The van der Waals surface area contributed by atoms with Gasteiger partial charge < -0.3 is 13.7 Å². The fourth-order valence-electron chi connectivity index (χ4n) is 8.85. The van der Waals surface area contributed by atoms with Crippen molar-refractivity contribution in [2.45, 2.75) is 0 Å². The molecule has 0 N–H and O–H groups in total. The van der Waals surface area contributed by atoms with E-state index < -0.39 is 0 Å². The molecule has 0 aliphatic heterocycles. The fraction of sp³-hybridized carbons (Fsp3) is 0. The van der Waals surface area contributed by atoms with Crippen LogP contribution < -0.4 is 0 Å². The lowest BCUT2D eigenvalue weighted by Crippen LogP contribution is -1.98. The van der Waals surface area contributed by atoms with Crippen LogP contribution in [0.4, 0.5) is 0 Å². The van der Waals surface area contributed by atoms with E-state index in [0.29, 0.717) is 0 Å². The van der Waals surface area contributed by atoms with Crippen molar-refractivity contribution in [3.63, 3.8) is 0 Å². The summed E-state index contributed by atoms with van der Waals surface area (Å²) >= 11 is 0. The van der Waals surface area contributed by atoms with E-state index in [9.17, 15) is 15.8 Å². The molecular weight excluding hydrogens is 775 g/mol. The van der Waals surface area contributed by atoms with Gasteiger partial charge in [-0.3, -0.25) is 0 Å². The van der Waals surface area contributed by atoms with Gasteiger partial charge in [0.25, 0.3) is 5.70 Å². The molecule has 3 aromatic heterocycles. The first-order valence-electron chi connectivity index (χ1n) is 19.7. The second kappa shape index (κ2) is 15.0. The number of nitriles is 3. The van der Waals surface area contributed by atoms with Crippen LogP contribution in [0.2, 0.25) is 0 Å². The first-order valence-corrected chi connectivity index (χ1v) is 19.7. The Labute approximate surface area is 360 Å². The second-order valence-corrected chi connectivity index (χ2v) is 14.8. The number of rotatable bonds is 6. The molecule has 10 aromatic rings. The van der Waals surface area contributed by atoms with Crippen LogP contribution >= 0.6 is 0 Å². The van der Waals surface area contributed by atoms with Gasteiger partial charge in [0, 0.05) is 55.5 Å². The molecule has 0 saturated heterocycles. The number of benzene rings is 7. The quantitative estimate of drug-likeness (QED) is 0.124. The Morgan fingerprint density at radius 1 is 0.413 bits per heavy atom. The molecule has 0 aliphatic carbocycles. The van der Waals surface area contributed by atoms with E-state index in [1.54, 1.807) is 18.2 Å². The van der Waals surface area contributed by atoms with E-state index in [1.165, 1.54) is 0 Å². The molecule has 9 nitrogen and oxygen atoms in total. The van der Waals surface area contributed by atoms with Gasteiger partial charge >= 0.3 is 5.82 Å². The molecule has 0 fully saturated rings. The highest BCUT2D eigenvalue weighted by atomic mass is 15.0. The first-order chi connectivity index (χ1) is 31.0. The maximum Gasteiger partial charge on any atom is 0.519 e. The van der Waals surface area contributed by atoms with Crippen molar-refractivity contribution < 1.29 is 0 Å². The third-order valence-electron chi connectivity index (χ3n) is 11.4. The minimum atomic E-state index is -0.00933. The second-order valence-electron chi connectivity index (χ2n) is 14.8. The maximum absolute atomic E-state index is 9.49. The minimum absolute atomic E-state index is 0.00578. The van der Waals surface area contributed by atoms with E-state index in [1.807, 2.05) is 109 Å². The minimum Gasteiger partial charge on any atom is -0.308 e. The molecule has 0 bridgehead atoms. The van der Waals surface area contributed by atoms with Gasteiger partial charge in [0.2, 0.25) is 0 Å². The largest absolute Gasteiger partial charge is 0.519 e. The number of allylic oxidation sites excluding steroid dienone is 2. The zero-order chi connectivity index (χ0) is 43.2. The Bertz CT molecular complexity index is 3450. The number of hydrogen-bond donors (Lipinski definition) is 0. The van der Waals surface area contributed by atoms with Gasteiger partial charge in [-0.1, -0.05) is 91.0 Å². The molecule has 9 heteroatoms. The topological polar surface area (TPSA) is 99.2 Å². The van der Waals surface area contributed by atoms with Gasteiger partial charge in [-0.25, -0.2) is 10.1 Å². The summed E-state index contributed by atoms with van der Waals surface area (Å²) in [6, 6.07) is 54.8. The van der Waals surface area contributed by atoms with Crippen LogP contribution in [0.3, 0.4) is 0 Å². The van der Waals surface area contributed by atoms with E-state index in [-0.39, 0.29) is 17.1 Å². The van der Waals surface area contributed by atoms with E-state index >= 15 is 0 Å². The Morgan fingerprint density at radius 2 is 0.762 bits per heavy atom. The van der Waals surface area contributed by atoms with Crippen LogP contribution in [0, 0.1) is 53.7 Å². The van der Waals surface area contributed by atoms with Gasteiger partial charge in [-0.05, 0) is 83.4 Å². The van der Waals surface area contributed by atoms with Gasteiger partial charge in [0.15, 0.2) is 0 Å². The summed E-state index contributed by atoms with van der Waals surface area (Å²) in [5.74, 6) is -0.00933. The van der Waals surface area contributed by atoms with E-state index in [2.05, 4.69) is 82.8 Å². The maximum atomic E-state index is 9.49. The highest BCUT2D eigenvalue weighted by molar-refractivity contribution is 6.40. The predicted molar refractivity (Wildman–Crippen MR) is 250 cm³/mol. The molecule has 0 saturated carbocycles. The van der Waals surface area contributed by atoms with Crippen LogP contribution in [-0.2, 0) is 0 Å². The fourth-order valence-corrected chi connectivity index (χ4v) is 8.85. The van der Waals surface area contributed by atoms with Crippen molar-refractivity contribution in [1.29, 1.82) is 15.8 Å². The highest BCUT2D eigenvalue weighted by Gasteiger charge is 2.28. The lowest BCUT2D eigenvalue weighted by atomic mass is 10.0. The number of para-hydroxylation sites is 3. The smallest absolute Gasteiger partial charge is 0.308 e. The van der Waals surface area contributed by atoms with Crippen molar-refractivity contribution >= 4 is 83.6 Å².